The van der Waals surface area contributed by atoms with Crippen molar-refractivity contribution >= 4 is 5.97 Å². The molecule has 1 aliphatic rings. The van der Waals surface area contributed by atoms with Crippen LogP contribution >= 0.6 is 0 Å². The summed E-state index contributed by atoms with van der Waals surface area (Å²) in [4.78, 5) is 13.4. The molecule has 1 fully saturated rings. The maximum atomic E-state index is 11.1. The van der Waals surface area contributed by atoms with Crippen LogP contribution in [0.1, 0.15) is 30.9 Å². The van der Waals surface area contributed by atoms with E-state index in [1.54, 1.807) is 0 Å². The van der Waals surface area contributed by atoms with Gasteiger partial charge < -0.3 is 5.11 Å². The average Bonchev–Trinajstić information content (AvgIpc) is 2.41. The van der Waals surface area contributed by atoms with Gasteiger partial charge in [0.2, 0.25) is 0 Å². The summed E-state index contributed by atoms with van der Waals surface area (Å²) in [5.74, 6) is -0.833. The first kappa shape index (κ1) is 14.1. The molecule has 0 spiro atoms. The molecule has 1 heterocycles. The lowest BCUT2D eigenvalue weighted by Crippen LogP contribution is -2.44. The van der Waals surface area contributed by atoms with Crippen LogP contribution in [0.4, 0.5) is 0 Å². The Morgan fingerprint density at radius 3 is 2.89 bits per heavy atom. The summed E-state index contributed by atoms with van der Waals surface area (Å²) < 4.78 is 0. The number of carboxylic acids is 1. The van der Waals surface area contributed by atoms with Gasteiger partial charge in [0.05, 0.1) is 5.92 Å². The molecule has 0 bridgehead atoms. The molecule has 1 aromatic rings. The summed E-state index contributed by atoms with van der Waals surface area (Å²) in [7, 11) is 0. The van der Waals surface area contributed by atoms with E-state index in [0.29, 0.717) is 12.6 Å². The molecule has 2 unspecified atom stereocenters. The van der Waals surface area contributed by atoms with Crippen molar-refractivity contribution in [2.75, 3.05) is 13.1 Å². The lowest BCUT2D eigenvalue weighted by Gasteiger charge is -2.35. The Morgan fingerprint density at radius 1 is 1.47 bits per heavy atom. The van der Waals surface area contributed by atoms with Crippen LogP contribution in [0, 0.1) is 12.8 Å². The van der Waals surface area contributed by atoms with E-state index >= 15 is 0 Å². The van der Waals surface area contributed by atoms with Gasteiger partial charge in [-0.25, -0.2) is 0 Å². The molecule has 1 N–H and O–H groups in total. The highest BCUT2D eigenvalue weighted by atomic mass is 16.4. The summed E-state index contributed by atoms with van der Waals surface area (Å²) in [5, 5.41) is 9.14. The van der Waals surface area contributed by atoms with E-state index in [1.165, 1.54) is 11.1 Å². The van der Waals surface area contributed by atoms with Gasteiger partial charge >= 0.3 is 5.97 Å². The highest BCUT2D eigenvalue weighted by molar-refractivity contribution is 5.70. The third kappa shape index (κ3) is 3.57. The maximum Gasteiger partial charge on any atom is 0.307 e. The second-order valence-electron chi connectivity index (χ2n) is 5.65. The number of aliphatic carboxylic acids is 1. The van der Waals surface area contributed by atoms with Crippen molar-refractivity contribution in [2.24, 2.45) is 5.92 Å². The van der Waals surface area contributed by atoms with E-state index in [4.69, 9.17) is 5.11 Å². The van der Waals surface area contributed by atoms with E-state index in [9.17, 15) is 4.79 Å². The van der Waals surface area contributed by atoms with Gasteiger partial charge in [0.1, 0.15) is 0 Å². The molecule has 0 saturated carbocycles. The van der Waals surface area contributed by atoms with Gasteiger partial charge in [-0.2, -0.15) is 0 Å². The number of hydrogen-bond acceptors (Lipinski definition) is 2. The van der Waals surface area contributed by atoms with Gasteiger partial charge in [0, 0.05) is 12.6 Å². The van der Waals surface area contributed by atoms with E-state index in [2.05, 4.69) is 43.0 Å². The zero-order valence-corrected chi connectivity index (χ0v) is 11.8. The molecule has 0 amide bonds. The standard InChI is InChI=1S/C16H23NO2/c1-12-6-3-4-7-14(12)10-13(2)17-9-5-8-15(11-17)16(18)19/h3-4,6-7,13,15H,5,8-11H2,1-2H3,(H,18,19). The van der Waals surface area contributed by atoms with E-state index in [-0.39, 0.29) is 5.92 Å². The van der Waals surface area contributed by atoms with Gasteiger partial charge in [0.25, 0.3) is 0 Å². The quantitative estimate of drug-likeness (QED) is 0.906. The number of carbonyl (C=O) groups is 1. The predicted octanol–water partition coefficient (Wildman–Crippen LogP) is 2.72. The zero-order chi connectivity index (χ0) is 13.8. The minimum Gasteiger partial charge on any atom is -0.481 e. The maximum absolute atomic E-state index is 11.1. The third-order valence-corrected chi connectivity index (χ3v) is 4.20. The van der Waals surface area contributed by atoms with Crippen molar-refractivity contribution in [1.82, 2.24) is 4.90 Å². The summed E-state index contributed by atoms with van der Waals surface area (Å²) in [6.07, 6.45) is 2.82. The monoisotopic (exact) mass is 261 g/mol. The van der Waals surface area contributed by atoms with Crippen LogP contribution in [0.2, 0.25) is 0 Å². The van der Waals surface area contributed by atoms with Crippen LogP contribution in [0.15, 0.2) is 24.3 Å². The number of aryl methyl sites for hydroxylation is 1. The van der Waals surface area contributed by atoms with Crippen LogP contribution in [0.3, 0.4) is 0 Å². The molecule has 19 heavy (non-hydrogen) atoms. The minimum atomic E-state index is -0.646. The average molecular weight is 261 g/mol. The van der Waals surface area contributed by atoms with E-state index in [1.807, 2.05) is 0 Å². The summed E-state index contributed by atoms with van der Waals surface area (Å²) in [6.45, 7) is 6.06. The number of piperidine rings is 1. The Hall–Kier alpha value is -1.35. The van der Waals surface area contributed by atoms with Crippen molar-refractivity contribution in [2.45, 2.75) is 39.2 Å². The number of rotatable bonds is 4. The van der Waals surface area contributed by atoms with Crippen LogP contribution < -0.4 is 0 Å². The topological polar surface area (TPSA) is 40.5 Å². The van der Waals surface area contributed by atoms with E-state index < -0.39 is 5.97 Å². The van der Waals surface area contributed by atoms with Crippen LogP contribution in [0.25, 0.3) is 0 Å². The van der Waals surface area contributed by atoms with Crippen molar-refractivity contribution in [3.05, 3.63) is 35.4 Å². The Kier molecular flexibility index (Phi) is 4.59. The molecule has 2 atom stereocenters. The summed E-state index contributed by atoms with van der Waals surface area (Å²) in [5.41, 5.74) is 2.69. The molecule has 2 rings (SSSR count). The largest absolute Gasteiger partial charge is 0.481 e. The molecule has 1 saturated heterocycles. The second-order valence-corrected chi connectivity index (χ2v) is 5.65. The van der Waals surface area contributed by atoms with E-state index in [0.717, 1.165) is 25.8 Å². The summed E-state index contributed by atoms with van der Waals surface area (Å²) >= 11 is 0. The fourth-order valence-electron chi connectivity index (χ4n) is 2.89. The Morgan fingerprint density at radius 2 is 2.21 bits per heavy atom. The predicted molar refractivity (Wildman–Crippen MR) is 76.3 cm³/mol. The number of likely N-dealkylation sites (tertiary alicyclic amines) is 1. The number of benzene rings is 1. The molecule has 1 aromatic carbocycles. The Balaban J connectivity index is 1.98. The molecule has 3 heteroatoms. The van der Waals surface area contributed by atoms with Crippen LogP contribution in [-0.4, -0.2) is 35.1 Å². The van der Waals surface area contributed by atoms with Crippen LogP contribution in [-0.2, 0) is 11.2 Å². The summed E-state index contributed by atoms with van der Waals surface area (Å²) in [6, 6.07) is 8.85. The molecule has 1 aliphatic heterocycles. The zero-order valence-electron chi connectivity index (χ0n) is 11.8. The fraction of sp³-hybridized carbons (Fsp3) is 0.562. The smallest absolute Gasteiger partial charge is 0.307 e. The SMILES string of the molecule is Cc1ccccc1CC(C)N1CCCC(C(=O)O)C1. The number of carboxylic acid groups (broad SMARTS) is 1. The first-order valence-electron chi connectivity index (χ1n) is 7.09. The van der Waals surface area contributed by atoms with Crippen molar-refractivity contribution in [1.29, 1.82) is 0 Å². The molecule has 0 aromatic heterocycles. The second kappa shape index (κ2) is 6.20. The molecule has 0 radical (unpaired) electrons. The van der Waals surface area contributed by atoms with Gasteiger partial charge in [0.15, 0.2) is 0 Å². The third-order valence-electron chi connectivity index (χ3n) is 4.20. The van der Waals surface area contributed by atoms with Gasteiger partial charge in [-0.15, -0.1) is 0 Å². The first-order valence-corrected chi connectivity index (χ1v) is 7.09. The lowest BCUT2D eigenvalue weighted by atomic mass is 9.94. The molecule has 0 aliphatic carbocycles. The fourth-order valence-corrected chi connectivity index (χ4v) is 2.89. The number of nitrogens with zero attached hydrogens (tertiary/aromatic N) is 1. The lowest BCUT2D eigenvalue weighted by molar-refractivity contribution is -0.143. The molecule has 3 nitrogen and oxygen atoms in total. The normalized spacial score (nSPS) is 22.1. The van der Waals surface area contributed by atoms with Crippen molar-refractivity contribution in [3.63, 3.8) is 0 Å². The highest BCUT2D eigenvalue weighted by Crippen LogP contribution is 2.21. The Labute approximate surface area is 115 Å². The van der Waals surface area contributed by atoms with Gasteiger partial charge in [-0.1, -0.05) is 24.3 Å². The van der Waals surface area contributed by atoms with Crippen molar-refractivity contribution in [3.8, 4) is 0 Å². The molecular weight excluding hydrogens is 238 g/mol. The Bertz CT molecular complexity index is 444. The van der Waals surface area contributed by atoms with Gasteiger partial charge in [-0.3, -0.25) is 9.69 Å². The van der Waals surface area contributed by atoms with Gasteiger partial charge in [-0.05, 0) is 50.8 Å². The first-order chi connectivity index (χ1) is 9.08. The van der Waals surface area contributed by atoms with Crippen molar-refractivity contribution < 1.29 is 9.90 Å². The highest BCUT2D eigenvalue weighted by Gasteiger charge is 2.27. The minimum absolute atomic E-state index is 0.187. The number of hydrogen-bond donors (Lipinski definition) is 1. The van der Waals surface area contributed by atoms with Crippen LogP contribution in [0.5, 0.6) is 0 Å². The molecule has 104 valence electrons. The molecular formula is C16H23NO2.